The summed E-state index contributed by atoms with van der Waals surface area (Å²) in [5.41, 5.74) is -0.699. The Labute approximate surface area is 243 Å². The number of hydrogen-bond acceptors (Lipinski definition) is 7. The van der Waals surface area contributed by atoms with Gasteiger partial charge in [-0.15, -0.1) is 0 Å². The first-order chi connectivity index (χ1) is 20.0. The summed E-state index contributed by atoms with van der Waals surface area (Å²) in [6.07, 6.45) is 2.02. The van der Waals surface area contributed by atoms with Gasteiger partial charge in [-0.3, -0.25) is 15.0 Å². The van der Waals surface area contributed by atoms with Crippen LogP contribution in [-0.4, -0.2) is 73.8 Å². The Bertz CT molecular complexity index is 1170. The van der Waals surface area contributed by atoms with Crippen molar-refractivity contribution in [1.82, 2.24) is 20.1 Å². The number of halogens is 3. The molecule has 3 rings (SSSR count). The second-order valence-corrected chi connectivity index (χ2v) is 9.98. The van der Waals surface area contributed by atoms with E-state index in [2.05, 4.69) is 20.0 Å². The maximum atomic E-state index is 12.9. The molecule has 0 aliphatic heterocycles. The van der Waals surface area contributed by atoms with Crippen molar-refractivity contribution in [2.75, 3.05) is 34.4 Å². The molecule has 0 bridgehead atoms. The Hall–Kier alpha value is -4.00. The first kappa shape index (κ1) is 34.2. The molecule has 0 spiro atoms. The van der Waals surface area contributed by atoms with E-state index in [4.69, 9.17) is 4.74 Å². The van der Waals surface area contributed by atoms with Gasteiger partial charge >= 0.3 is 12.2 Å². The van der Waals surface area contributed by atoms with Crippen molar-refractivity contribution < 1.29 is 37.0 Å². The topological polar surface area (TPSA) is 113 Å². The number of amides is 3. The van der Waals surface area contributed by atoms with Crippen LogP contribution in [0.4, 0.5) is 23.7 Å². The molecular formula is C29H38F3N5O5. The van der Waals surface area contributed by atoms with Gasteiger partial charge in [-0.1, -0.05) is 32.3 Å². The summed E-state index contributed by atoms with van der Waals surface area (Å²) in [5.74, 6) is -0.0666. The van der Waals surface area contributed by atoms with Gasteiger partial charge in [0.05, 0.1) is 5.69 Å². The molecule has 0 unspecified atom stereocenters. The maximum Gasteiger partial charge on any atom is 0.433 e. The Morgan fingerprint density at radius 1 is 1.12 bits per heavy atom. The SMILES string of the molecule is COC.C[C@H](C=O)CN(C)C(=O)NC(=Nc1ccc(Oc2cccc(C(F)(F)F)n2)cc1)N(C=O)CC1CCCCC1. The molecule has 1 saturated carbocycles. The molecule has 2 aromatic rings. The Balaban J connectivity index is 0.00000197. The van der Waals surface area contributed by atoms with Crippen molar-refractivity contribution in [1.29, 1.82) is 0 Å². The van der Waals surface area contributed by atoms with Gasteiger partial charge in [0.2, 0.25) is 18.2 Å². The minimum Gasteiger partial charge on any atom is -0.439 e. The second kappa shape index (κ2) is 17.1. The lowest BCUT2D eigenvalue weighted by molar-refractivity contribution is -0.141. The minimum atomic E-state index is -4.60. The molecule has 10 nitrogen and oxygen atoms in total. The number of carbonyl (C=O) groups excluding carboxylic acids is 3. The zero-order valence-corrected chi connectivity index (χ0v) is 24.3. The number of aldehydes is 1. The molecule has 42 heavy (non-hydrogen) atoms. The average molecular weight is 594 g/mol. The summed E-state index contributed by atoms with van der Waals surface area (Å²) in [7, 11) is 4.79. The predicted octanol–water partition coefficient (Wildman–Crippen LogP) is 5.66. The first-order valence-electron chi connectivity index (χ1n) is 13.5. The third-order valence-electron chi connectivity index (χ3n) is 6.25. The van der Waals surface area contributed by atoms with E-state index in [1.165, 1.54) is 53.2 Å². The summed E-state index contributed by atoms with van der Waals surface area (Å²) < 4.78 is 48.5. The van der Waals surface area contributed by atoms with Crippen LogP contribution in [0.2, 0.25) is 0 Å². The number of methoxy groups -OCH3 is 1. The van der Waals surface area contributed by atoms with Crippen LogP contribution in [0.15, 0.2) is 47.5 Å². The number of hydrogen-bond donors (Lipinski definition) is 1. The van der Waals surface area contributed by atoms with E-state index in [1.54, 1.807) is 21.1 Å². The number of ether oxygens (including phenoxy) is 2. The van der Waals surface area contributed by atoms with E-state index < -0.39 is 17.9 Å². The van der Waals surface area contributed by atoms with Gasteiger partial charge in [-0.2, -0.15) is 13.2 Å². The molecule has 1 heterocycles. The molecular weight excluding hydrogens is 555 g/mol. The van der Waals surface area contributed by atoms with Gasteiger partial charge in [0, 0.05) is 46.3 Å². The molecule has 1 aromatic carbocycles. The van der Waals surface area contributed by atoms with Crippen LogP contribution in [0, 0.1) is 11.8 Å². The number of nitrogens with zero attached hydrogens (tertiary/aromatic N) is 4. The summed E-state index contributed by atoms with van der Waals surface area (Å²) in [5, 5.41) is 2.68. The number of aromatic nitrogens is 1. The molecule has 13 heteroatoms. The average Bonchev–Trinajstić information content (AvgIpc) is 2.97. The zero-order valence-electron chi connectivity index (χ0n) is 24.3. The fraction of sp³-hybridized carbons (Fsp3) is 0.483. The second-order valence-electron chi connectivity index (χ2n) is 9.98. The summed E-state index contributed by atoms with van der Waals surface area (Å²) in [6.45, 7) is 2.26. The van der Waals surface area contributed by atoms with Gasteiger partial charge in [0.15, 0.2) is 0 Å². The highest BCUT2D eigenvalue weighted by Crippen LogP contribution is 2.30. The lowest BCUT2D eigenvalue weighted by atomic mass is 9.89. The molecule has 1 aliphatic carbocycles. The van der Waals surface area contributed by atoms with Gasteiger partial charge in [-0.25, -0.2) is 14.8 Å². The van der Waals surface area contributed by atoms with E-state index in [0.717, 1.165) is 44.5 Å². The van der Waals surface area contributed by atoms with Crippen LogP contribution in [0.1, 0.15) is 44.7 Å². The molecule has 1 atom stereocenters. The van der Waals surface area contributed by atoms with Crippen LogP contribution in [0.25, 0.3) is 0 Å². The van der Waals surface area contributed by atoms with Crippen molar-refractivity contribution in [3.63, 3.8) is 0 Å². The van der Waals surface area contributed by atoms with E-state index in [1.807, 2.05) is 0 Å². The fourth-order valence-electron chi connectivity index (χ4n) is 4.20. The number of nitrogens with one attached hydrogen (secondary N) is 1. The van der Waals surface area contributed by atoms with Crippen LogP contribution >= 0.6 is 0 Å². The zero-order chi connectivity index (χ0) is 31.1. The smallest absolute Gasteiger partial charge is 0.433 e. The molecule has 1 fully saturated rings. The molecule has 0 radical (unpaired) electrons. The lowest BCUT2D eigenvalue weighted by Crippen LogP contribution is -2.50. The normalized spacial score (nSPS) is 14.6. The van der Waals surface area contributed by atoms with Gasteiger partial charge in [-0.05, 0) is 49.1 Å². The number of pyridine rings is 1. The molecule has 1 aliphatic rings. The first-order valence-corrected chi connectivity index (χ1v) is 13.5. The minimum absolute atomic E-state index is 0.0272. The third kappa shape index (κ3) is 11.5. The number of benzene rings is 1. The molecule has 3 amide bonds. The van der Waals surface area contributed by atoms with Gasteiger partial charge < -0.3 is 19.2 Å². The van der Waals surface area contributed by atoms with E-state index in [-0.39, 0.29) is 36.0 Å². The van der Waals surface area contributed by atoms with Crippen molar-refractivity contribution in [3.05, 3.63) is 48.2 Å². The maximum absolute atomic E-state index is 12.9. The van der Waals surface area contributed by atoms with Crippen molar-refractivity contribution in [2.24, 2.45) is 16.8 Å². The highest BCUT2D eigenvalue weighted by atomic mass is 19.4. The number of aliphatic imine (C=N–C) groups is 1. The number of carbonyl (C=O) groups is 3. The standard InChI is InChI=1S/C27H32F3N5O4.C2H6O/c1-19(17-36)15-34(2)26(38)33-25(35(18-37)16-20-7-4-3-5-8-20)31-21-11-13-22(14-12-21)39-24-10-6-9-23(32-24)27(28,29)30;1-3-2/h6,9-14,17-20H,3-5,7-8,15-16H2,1-2H3,(H,31,33,38);1-2H3/t19-;/m0./s1. The summed E-state index contributed by atoms with van der Waals surface area (Å²) in [6, 6.07) is 8.89. The predicted molar refractivity (Wildman–Crippen MR) is 152 cm³/mol. The quantitative estimate of drug-likeness (QED) is 0.228. The summed E-state index contributed by atoms with van der Waals surface area (Å²) in [4.78, 5) is 46.6. The van der Waals surface area contributed by atoms with E-state index in [9.17, 15) is 27.6 Å². The van der Waals surface area contributed by atoms with Gasteiger partial charge in [0.25, 0.3) is 0 Å². The number of alkyl halides is 3. The van der Waals surface area contributed by atoms with Crippen LogP contribution in [0.3, 0.4) is 0 Å². The molecule has 1 N–H and O–H groups in total. The number of urea groups is 1. The molecule has 230 valence electrons. The number of rotatable bonds is 9. The van der Waals surface area contributed by atoms with Crippen molar-refractivity contribution in [3.8, 4) is 11.6 Å². The van der Waals surface area contributed by atoms with Crippen LogP contribution < -0.4 is 10.1 Å². The Morgan fingerprint density at radius 2 is 1.76 bits per heavy atom. The molecule has 1 aromatic heterocycles. The van der Waals surface area contributed by atoms with E-state index in [0.29, 0.717) is 18.6 Å². The third-order valence-corrected chi connectivity index (χ3v) is 6.25. The fourth-order valence-corrected chi connectivity index (χ4v) is 4.20. The lowest BCUT2D eigenvalue weighted by Gasteiger charge is -2.29. The molecule has 0 saturated heterocycles. The highest BCUT2D eigenvalue weighted by Gasteiger charge is 2.32. The Morgan fingerprint density at radius 3 is 2.33 bits per heavy atom. The Kier molecular flexibility index (Phi) is 13.9. The highest BCUT2D eigenvalue weighted by molar-refractivity contribution is 6.01. The van der Waals surface area contributed by atoms with Gasteiger partial charge in [0.1, 0.15) is 17.7 Å². The van der Waals surface area contributed by atoms with Crippen LogP contribution in [-0.2, 0) is 20.5 Å². The monoisotopic (exact) mass is 593 g/mol. The largest absolute Gasteiger partial charge is 0.439 e. The van der Waals surface area contributed by atoms with Crippen molar-refractivity contribution in [2.45, 2.75) is 45.2 Å². The summed E-state index contributed by atoms with van der Waals surface area (Å²) >= 11 is 0. The number of guanidine groups is 1. The van der Waals surface area contributed by atoms with Crippen LogP contribution in [0.5, 0.6) is 11.6 Å². The van der Waals surface area contributed by atoms with Crippen molar-refractivity contribution >= 4 is 30.4 Å². The van der Waals surface area contributed by atoms with E-state index >= 15 is 0 Å².